The van der Waals surface area contributed by atoms with Crippen LogP contribution < -0.4 is 5.32 Å². The summed E-state index contributed by atoms with van der Waals surface area (Å²) in [6, 6.07) is 9.04. The molecule has 0 bridgehead atoms. The highest BCUT2D eigenvalue weighted by Gasteiger charge is 2.10. The molecular formula is C16H18N6O. The Morgan fingerprint density at radius 3 is 2.74 bits per heavy atom. The Morgan fingerprint density at radius 1 is 1.30 bits per heavy atom. The normalized spacial score (nSPS) is 10.7. The monoisotopic (exact) mass is 310 g/mol. The van der Waals surface area contributed by atoms with Crippen molar-refractivity contribution in [2.24, 2.45) is 0 Å². The van der Waals surface area contributed by atoms with Crippen molar-refractivity contribution in [3.8, 4) is 11.4 Å². The summed E-state index contributed by atoms with van der Waals surface area (Å²) in [4.78, 5) is 16.4. The number of nitrogens with zero attached hydrogens (tertiary/aromatic N) is 4. The van der Waals surface area contributed by atoms with Gasteiger partial charge in [0, 0.05) is 29.4 Å². The van der Waals surface area contributed by atoms with E-state index in [1.807, 2.05) is 29.8 Å². The number of nitrogens with one attached hydrogen (secondary N) is 2. The van der Waals surface area contributed by atoms with Crippen LogP contribution in [0.4, 0.5) is 5.82 Å². The average Bonchev–Trinajstić information content (AvgIpc) is 3.19. The Labute approximate surface area is 133 Å². The fourth-order valence-corrected chi connectivity index (χ4v) is 2.32. The van der Waals surface area contributed by atoms with E-state index in [-0.39, 0.29) is 5.91 Å². The molecule has 0 radical (unpaired) electrons. The number of rotatable bonds is 5. The van der Waals surface area contributed by atoms with Gasteiger partial charge in [0.05, 0.1) is 0 Å². The van der Waals surface area contributed by atoms with E-state index in [1.54, 1.807) is 12.1 Å². The number of H-pyrrole nitrogens is 1. The highest BCUT2D eigenvalue weighted by molar-refractivity contribution is 6.03. The molecule has 7 heteroatoms. The lowest BCUT2D eigenvalue weighted by atomic mass is 10.1. The van der Waals surface area contributed by atoms with Gasteiger partial charge in [-0.15, -0.1) is 0 Å². The number of hydrogen-bond acceptors (Lipinski definition) is 4. The topological polar surface area (TPSA) is 88.5 Å². The molecule has 2 aromatic heterocycles. The van der Waals surface area contributed by atoms with Crippen molar-refractivity contribution < 1.29 is 4.79 Å². The summed E-state index contributed by atoms with van der Waals surface area (Å²) in [6.45, 7) is 4.91. The first-order chi connectivity index (χ1) is 11.2. The number of carbonyl (C=O) groups excluding carboxylic acids is 1. The molecular weight excluding hydrogens is 292 g/mol. The first-order valence-corrected chi connectivity index (χ1v) is 7.49. The molecule has 0 fully saturated rings. The number of aryl methyl sites for hydroxylation is 2. The van der Waals surface area contributed by atoms with Crippen molar-refractivity contribution in [2.45, 2.75) is 26.8 Å². The van der Waals surface area contributed by atoms with Crippen LogP contribution in [0.1, 0.15) is 29.4 Å². The SMILES string of the molecule is CCCn1nc(NC(=O)c2ccc(-c3ncn[nH]3)cc2)cc1C. The maximum absolute atomic E-state index is 12.3. The molecule has 3 aromatic rings. The maximum Gasteiger partial charge on any atom is 0.256 e. The van der Waals surface area contributed by atoms with Crippen LogP contribution in [0.3, 0.4) is 0 Å². The van der Waals surface area contributed by atoms with Crippen molar-refractivity contribution in [3.05, 3.63) is 47.9 Å². The van der Waals surface area contributed by atoms with Gasteiger partial charge in [0.1, 0.15) is 6.33 Å². The first kappa shape index (κ1) is 15.0. The molecule has 7 nitrogen and oxygen atoms in total. The quantitative estimate of drug-likeness (QED) is 0.758. The fraction of sp³-hybridized carbons (Fsp3) is 0.250. The van der Waals surface area contributed by atoms with E-state index in [1.165, 1.54) is 6.33 Å². The predicted molar refractivity (Wildman–Crippen MR) is 87.0 cm³/mol. The van der Waals surface area contributed by atoms with E-state index in [0.29, 0.717) is 17.2 Å². The van der Waals surface area contributed by atoms with E-state index in [0.717, 1.165) is 24.2 Å². The van der Waals surface area contributed by atoms with Crippen molar-refractivity contribution in [2.75, 3.05) is 5.32 Å². The summed E-state index contributed by atoms with van der Waals surface area (Å²) in [5, 5.41) is 13.8. The highest BCUT2D eigenvalue weighted by Crippen LogP contribution is 2.16. The molecule has 0 atom stereocenters. The summed E-state index contributed by atoms with van der Waals surface area (Å²) in [5.41, 5.74) is 2.47. The molecule has 3 rings (SSSR count). The van der Waals surface area contributed by atoms with Gasteiger partial charge in [0.15, 0.2) is 11.6 Å². The van der Waals surface area contributed by atoms with E-state index >= 15 is 0 Å². The average molecular weight is 310 g/mol. The third-order valence-electron chi connectivity index (χ3n) is 3.49. The lowest BCUT2D eigenvalue weighted by Gasteiger charge is -2.03. The van der Waals surface area contributed by atoms with Crippen LogP contribution in [-0.4, -0.2) is 30.9 Å². The molecule has 2 heterocycles. The third-order valence-corrected chi connectivity index (χ3v) is 3.49. The maximum atomic E-state index is 12.3. The first-order valence-electron chi connectivity index (χ1n) is 7.49. The summed E-state index contributed by atoms with van der Waals surface area (Å²) in [5.74, 6) is 1.06. The summed E-state index contributed by atoms with van der Waals surface area (Å²) in [6.07, 6.45) is 2.45. The molecule has 23 heavy (non-hydrogen) atoms. The minimum Gasteiger partial charge on any atom is -0.305 e. The standard InChI is InChI=1S/C16H18N6O/c1-3-8-22-11(2)9-14(21-22)19-16(23)13-6-4-12(5-7-13)15-17-10-18-20-15/h4-7,9-10H,3,8H2,1-2H3,(H,17,18,20)(H,19,21,23). The zero-order valence-electron chi connectivity index (χ0n) is 13.1. The lowest BCUT2D eigenvalue weighted by Crippen LogP contribution is -2.12. The van der Waals surface area contributed by atoms with E-state index in [9.17, 15) is 4.79 Å². The van der Waals surface area contributed by atoms with Crippen molar-refractivity contribution >= 4 is 11.7 Å². The van der Waals surface area contributed by atoms with Gasteiger partial charge in [0.2, 0.25) is 0 Å². The summed E-state index contributed by atoms with van der Waals surface area (Å²) < 4.78 is 1.89. The van der Waals surface area contributed by atoms with Crippen LogP contribution in [0, 0.1) is 6.92 Å². The number of aromatic amines is 1. The lowest BCUT2D eigenvalue weighted by molar-refractivity contribution is 0.102. The predicted octanol–water partition coefficient (Wildman–Crippen LogP) is 2.64. The molecule has 0 aliphatic carbocycles. The highest BCUT2D eigenvalue weighted by atomic mass is 16.1. The smallest absolute Gasteiger partial charge is 0.256 e. The Kier molecular flexibility index (Phi) is 4.18. The second-order valence-corrected chi connectivity index (χ2v) is 5.26. The number of aromatic nitrogens is 5. The second-order valence-electron chi connectivity index (χ2n) is 5.26. The summed E-state index contributed by atoms with van der Waals surface area (Å²) >= 11 is 0. The number of hydrogen-bond donors (Lipinski definition) is 2. The van der Waals surface area contributed by atoms with Gasteiger partial charge >= 0.3 is 0 Å². The minimum atomic E-state index is -0.185. The Bertz CT molecular complexity index is 789. The van der Waals surface area contributed by atoms with Gasteiger partial charge in [-0.1, -0.05) is 19.1 Å². The number of amides is 1. The molecule has 0 spiro atoms. The Morgan fingerprint density at radius 2 is 2.09 bits per heavy atom. The van der Waals surface area contributed by atoms with E-state index in [4.69, 9.17) is 0 Å². The number of benzene rings is 1. The van der Waals surface area contributed by atoms with Crippen LogP contribution in [0.25, 0.3) is 11.4 Å². The molecule has 0 saturated carbocycles. The molecule has 1 aromatic carbocycles. The van der Waals surface area contributed by atoms with E-state index in [2.05, 4.69) is 32.5 Å². The fourth-order valence-electron chi connectivity index (χ4n) is 2.32. The van der Waals surface area contributed by atoms with Crippen LogP contribution in [-0.2, 0) is 6.54 Å². The van der Waals surface area contributed by atoms with Gasteiger partial charge in [-0.3, -0.25) is 14.6 Å². The molecule has 0 saturated heterocycles. The molecule has 118 valence electrons. The van der Waals surface area contributed by atoms with Crippen molar-refractivity contribution in [1.82, 2.24) is 25.0 Å². The van der Waals surface area contributed by atoms with E-state index < -0.39 is 0 Å². The molecule has 0 aliphatic heterocycles. The van der Waals surface area contributed by atoms with Crippen LogP contribution >= 0.6 is 0 Å². The van der Waals surface area contributed by atoms with Gasteiger partial charge in [0.25, 0.3) is 5.91 Å². The van der Waals surface area contributed by atoms with Gasteiger partial charge in [-0.2, -0.15) is 10.2 Å². The van der Waals surface area contributed by atoms with Crippen LogP contribution in [0.5, 0.6) is 0 Å². The number of carbonyl (C=O) groups is 1. The van der Waals surface area contributed by atoms with Gasteiger partial charge in [-0.05, 0) is 25.5 Å². The van der Waals surface area contributed by atoms with Crippen LogP contribution in [0.2, 0.25) is 0 Å². The number of anilines is 1. The largest absolute Gasteiger partial charge is 0.305 e. The Balaban J connectivity index is 1.72. The molecule has 0 aliphatic rings. The Hall–Kier alpha value is -2.96. The zero-order valence-corrected chi connectivity index (χ0v) is 13.1. The van der Waals surface area contributed by atoms with Crippen molar-refractivity contribution in [3.63, 3.8) is 0 Å². The van der Waals surface area contributed by atoms with Crippen molar-refractivity contribution in [1.29, 1.82) is 0 Å². The zero-order chi connectivity index (χ0) is 16.2. The molecule has 0 unspecified atom stereocenters. The van der Waals surface area contributed by atoms with Gasteiger partial charge < -0.3 is 5.32 Å². The minimum absolute atomic E-state index is 0.185. The summed E-state index contributed by atoms with van der Waals surface area (Å²) in [7, 11) is 0. The third kappa shape index (κ3) is 3.28. The second kappa shape index (κ2) is 6.43. The molecule has 1 amide bonds. The molecule has 2 N–H and O–H groups in total. The van der Waals surface area contributed by atoms with Gasteiger partial charge in [-0.25, -0.2) is 4.98 Å². The van der Waals surface area contributed by atoms with Crippen LogP contribution in [0.15, 0.2) is 36.7 Å².